The van der Waals surface area contributed by atoms with Gasteiger partial charge in [-0.25, -0.2) is 0 Å². The number of aromatic amines is 1. The topological polar surface area (TPSA) is 76.0 Å². The molecular weight excluding hydrogens is 342 g/mol. The van der Waals surface area contributed by atoms with Crippen molar-refractivity contribution in [3.8, 4) is 5.75 Å². The van der Waals surface area contributed by atoms with E-state index in [4.69, 9.17) is 4.74 Å². The third-order valence-corrected chi connectivity index (χ3v) is 4.81. The minimum absolute atomic E-state index is 0.0236. The first-order valence-corrected chi connectivity index (χ1v) is 9.05. The van der Waals surface area contributed by atoms with Gasteiger partial charge in [0, 0.05) is 19.2 Å². The fourth-order valence-corrected chi connectivity index (χ4v) is 3.49. The van der Waals surface area contributed by atoms with Crippen LogP contribution in [0.15, 0.2) is 36.4 Å². The monoisotopic (exact) mass is 365 g/mol. The van der Waals surface area contributed by atoms with Crippen molar-refractivity contribution in [3.63, 3.8) is 0 Å². The van der Waals surface area contributed by atoms with E-state index in [1.165, 1.54) is 5.56 Å². The van der Waals surface area contributed by atoms with Crippen LogP contribution in [0.4, 0.5) is 0 Å². The molecule has 0 radical (unpaired) electrons. The van der Waals surface area contributed by atoms with Gasteiger partial charge in [0.2, 0.25) is 0 Å². The van der Waals surface area contributed by atoms with Crippen LogP contribution in [0.2, 0.25) is 0 Å². The second-order valence-electron chi connectivity index (χ2n) is 7.10. The number of hydrogen-bond donors (Lipinski definition) is 1. The molecule has 0 fully saturated rings. The highest BCUT2D eigenvalue weighted by molar-refractivity contribution is 5.92. The van der Waals surface area contributed by atoms with Gasteiger partial charge in [0.05, 0.1) is 24.5 Å². The average molecular weight is 365 g/mol. The van der Waals surface area contributed by atoms with E-state index in [0.29, 0.717) is 18.8 Å². The van der Waals surface area contributed by atoms with E-state index >= 15 is 0 Å². The molecule has 1 atom stereocenters. The van der Waals surface area contributed by atoms with Crippen LogP contribution in [0, 0.1) is 13.8 Å². The molecule has 1 N–H and O–H groups in total. The number of H-pyrrole nitrogens is 1. The van der Waals surface area contributed by atoms with Crippen LogP contribution in [0.1, 0.15) is 33.1 Å². The Morgan fingerprint density at radius 3 is 2.89 bits per heavy atom. The average Bonchev–Trinajstić information content (AvgIpc) is 3.33. The van der Waals surface area contributed by atoms with Gasteiger partial charge < -0.3 is 9.64 Å². The summed E-state index contributed by atoms with van der Waals surface area (Å²) < 4.78 is 7.82. The highest BCUT2D eigenvalue weighted by Crippen LogP contribution is 2.28. The van der Waals surface area contributed by atoms with Crippen LogP contribution in [0.25, 0.3) is 0 Å². The number of nitrogens with zero attached hydrogens (tertiary/aromatic N) is 4. The van der Waals surface area contributed by atoms with Crippen LogP contribution in [-0.2, 0) is 13.0 Å². The first-order valence-electron chi connectivity index (χ1n) is 9.05. The van der Waals surface area contributed by atoms with Crippen molar-refractivity contribution in [2.45, 2.75) is 32.9 Å². The molecule has 3 aromatic rings. The molecule has 0 spiro atoms. The van der Waals surface area contributed by atoms with Gasteiger partial charge in [0.25, 0.3) is 5.91 Å². The number of hydrogen-bond acceptors (Lipinski definition) is 4. The number of ether oxygens (including phenoxy) is 1. The van der Waals surface area contributed by atoms with Crippen LogP contribution in [-0.4, -0.2) is 50.5 Å². The number of nitrogens with one attached hydrogen (secondary N) is 1. The second-order valence-corrected chi connectivity index (χ2v) is 7.10. The van der Waals surface area contributed by atoms with Crippen LogP contribution < -0.4 is 4.74 Å². The summed E-state index contributed by atoms with van der Waals surface area (Å²) in [4.78, 5) is 14.4. The van der Waals surface area contributed by atoms with Crippen molar-refractivity contribution in [3.05, 3.63) is 64.7 Å². The Bertz CT molecular complexity index is 949. The molecule has 140 valence electrons. The molecule has 3 heterocycles. The quantitative estimate of drug-likeness (QED) is 0.753. The van der Waals surface area contributed by atoms with Gasteiger partial charge in [-0.3, -0.25) is 14.6 Å². The predicted molar refractivity (Wildman–Crippen MR) is 101 cm³/mol. The minimum Gasteiger partial charge on any atom is -0.488 e. The third kappa shape index (κ3) is 3.58. The Balaban J connectivity index is 1.38. The Morgan fingerprint density at radius 2 is 2.15 bits per heavy atom. The summed E-state index contributed by atoms with van der Waals surface area (Å²) in [6.45, 7) is 5.05. The maximum atomic E-state index is 12.7. The zero-order chi connectivity index (χ0) is 19.0. The molecule has 0 bridgehead atoms. The fourth-order valence-electron chi connectivity index (χ4n) is 3.49. The molecule has 1 amide bonds. The van der Waals surface area contributed by atoms with Crippen LogP contribution in [0.5, 0.6) is 5.75 Å². The smallest absolute Gasteiger partial charge is 0.274 e. The Kier molecular flexibility index (Phi) is 4.43. The second kappa shape index (κ2) is 6.90. The van der Waals surface area contributed by atoms with E-state index < -0.39 is 0 Å². The number of amides is 1. The fraction of sp³-hybridized carbons (Fsp3) is 0.350. The van der Waals surface area contributed by atoms with Crippen molar-refractivity contribution < 1.29 is 9.53 Å². The molecule has 0 unspecified atom stereocenters. The Hall–Kier alpha value is -3.09. The number of carbonyl (C=O) groups excluding carboxylic acids is 1. The summed E-state index contributed by atoms with van der Waals surface area (Å²) in [5.74, 6) is 0.792. The van der Waals surface area contributed by atoms with Crippen LogP contribution >= 0.6 is 0 Å². The maximum Gasteiger partial charge on any atom is 0.274 e. The first-order chi connectivity index (χ1) is 13.0. The summed E-state index contributed by atoms with van der Waals surface area (Å²) in [5.41, 5.74) is 4.49. The largest absolute Gasteiger partial charge is 0.488 e. The van der Waals surface area contributed by atoms with Crippen molar-refractivity contribution in [2.24, 2.45) is 0 Å². The van der Waals surface area contributed by atoms with Crippen molar-refractivity contribution in [2.75, 3.05) is 13.6 Å². The molecule has 7 nitrogen and oxygen atoms in total. The molecule has 1 aliphatic heterocycles. The number of benzene rings is 1. The number of rotatable bonds is 5. The lowest BCUT2D eigenvalue weighted by atomic mass is 10.1. The lowest BCUT2D eigenvalue weighted by molar-refractivity contribution is 0.0724. The number of carbonyl (C=O) groups is 1. The van der Waals surface area contributed by atoms with E-state index in [-0.39, 0.29) is 12.0 Å². The van der Waals surface area contributed by atoms with Gasteiger partial charge in [-0.1, -0.05) is 18.2 Å². The number of para-hydroxylation sites is 1. The van der Waals surface area contributed by atoms with Gasteiger partial charge in [0.15, 0.2) is 0 Å². The zero-order valence-corrected chi connectivity index (χ0v) is 15.8. The summed E-state index contributed by atoms with van der Waals surface area (Å²) in [6, 6.07) is 11.8. The number of fused-ring (bicyclic) bond motifs is 1. The Morgan fingerprint density at radius 1 is 1.33 bits per heavy atom. The molecule has 27 heavy (non-hydrogen) atoms. The highest BCUT2D eigenvalue weighted by Gasteiger charge is 2.26. The molecule has 2 aromatic heterocycles. The predicted octanol–water partition coefficient (Wildman–Crippen LogP) is 2.35. The zero-order valence-electron chi connectivity index (χ0n) is 15.8. The van der Waals surface area contributed by atoms with Gasteiger partial charge in [-0.05, 0) is 37.6 Å². The standard InChI is InChI=1S/C20H23N5O2/c1-13-8-14(2)25(23-13)11-16-10-18(22-21-16)20(26)24(3)12-17-9-15-6-4-5-7-19(15)27-17/h4-8,10,17H,9,11-12H2,1-3H3,(H,21,22)/t17-/m1/s1. The van der Waals surface area contributed by atoms with E-state index in [0.717, 1.165) is 29.3 Å². The lowest BCUT2D eigenvalue weighted by Crippen LogP contribution is -2.36. The van der Waals surface area contributed by atoms with Gasteiger partial charge in [0.1, 0.15) is 17.5 Å². The Labute approximate surface area is 157 Å². The summed E-state index contributed by atoms with van der Waals surface area (Å²) >= 11 is 0. The van der Waals surface area contributed by atoms with Crippen molar-refractivity contribution >= 4 is 5.91 Å². The highest BCUT2D eigenvalue weighted by atomic mass is 16.5. The molecule has 1 aliphatic rings. The van der Waals surface area contributed by atoms with Gasteiger partial charge >= 0.3 is 0 Å². The van der Waals surface area contributed by atoms with E-state index in [1.807, 2.05) is 42.8 Å². The maximum absolute atomic E-state index is 12.7. The number of aromatic nitrogens is 4. The molecule has 0 saturated carbocycles. The van der Waals surface area contributed by atoms with Crippen LogP contribution in [0.3, 0.4) is 0 Å². The van der Waals surface area contributed by atoms with E-state index in [2.05, 4.69) is 21.4 Å². The van der Waals surface area contributed by atoms with Gasteiger partial charge in [-0.2, -0.15) is 10.2 Å². The molecular formula is C20H23N5O2. The molecule has 0 aliphatic carbocycles. The summed E-state index contributed by atoms with van der Waals surface area (Å²) in [7, 11) is 1.78. The molecule has 7 heteroatoms. The number of aryl methyl sites for hydroxylation is 2. The SMILES string of the molecule is Cc1cc(C)n(Cc2cc(C(=O)N(C)C[C@H]3Cc4ccccc4O3)n[nH]2)n1. The summed E-state index contributed by atoms with van der Waals surface area (Å²) in [5, 5.41) is 11.6. The molecule has 1 aromatic carbocycles. The number of likely N-dealkylation sites (N-methyl/N-ethyl adjacent to an activating group) is 1. The molecule has 4 rings (SSSR count). The molecule has 0 saturated heterocycles. The first kappa shape index (κ1) is 17.3. The third-order valence-electron chi connectivity index (χ3n) is 4.81. The van der Waals surface area contributed by atoms with Crippen molar-refractivity contribution in [1.29, 1.82) is 0 Å². The van der Waals surface area contributed by atoms with Gasteiger partial charge in [-0.15, -0.1) is 0 Å². The summed E-state index contributed by atoms with van der Waals surface area (Å²) in [6.07, 6.45) is 0.793. The van der Waals surface area contributed by atoms with E-state index in [9.17, 15) is 4.79 Å². The van der Waals surface area contributed by atoms with E-state index in [1.54, 1.807) is 18.0 Å². The normalized spacial score (nSPS) is 15.4. The minimum atomic E-state index is -0.120. The lowest BCUT2D eigenvalue weighted by Gasteiger charge is -2.20. The van der Waals surface area contributed by atoms with Crippen molar-refractivity contribution in [1.82, 2.24) is 24.9 Å².